The number of hydrogen-bond acceptors (Lipinski definition) is 7. The van der Waals surface area contributed by atoms with Crippen molar-refractivity contribution < 1.29 is 14.6 Å². The van der Waals surface area contributed by atoms with Crippen LogP contribution in [0.5, 0.6) is 0 Å². The second kappa shape index (κ2) is 11.6. The van der Waals surface area contributed by atoms with Crippen LogP contribution in [0.1, 0.15) is 61.6 Å². The number of anilines is 1. The molecule has 0 spiro atoms. The Morgan fingerprint density at radius 3 is 2.74 bits per heavy atom. The van der Waals surface area contributed by atoms with Gasteiger partial charge in [0, 0.05) is 62.6 Å². The first-order valence-electron chi connectivity index (χ1n) is 13.2. The van der Waals surface area contributed by atoms with Gasteiger partial charge in [0.25, 0.3) is 0 Å². The molecule has 0 amide bonds. The van der Waals surface area contributed by atoms with Crippen LogP contribution in [0.15, 0.2) is 36.5 Å². The first-order chi connectivity index (χ1) is 17.2. The van der Waals surface area contributed by atoms with Crippen LogP contribution in [0, 0.1) is 0 Å². The lowest BCUT2D eigenvalue weighted by atomic mass is 9.94. The number of aliphatic hydroxyl groups excluding tert-OH is 1. The molecule has 2 aromatic rings. The zero-order valence-corrected chi connectivity index (χ0v) is 20.9. The zero-order valence-electron chi connectivity index (χ0n) is 20.9. The van der Waals surface area contributed by atoms with Gasteiger partial charge in [-0.3, -0.25) is 4.90 Å². The average molecular weight is 479 g/mol. The van der Waals surface area contributed by atoms with Crippen molar-refractivity contribution in [2.75, 3.05) is 57.5 Å². The van der Waals surface area contributed by atoms with Crippen molar-refractivity contribution in [1.29, 1.82) is 0 Å². The fourth-order valence-corrected chi connectivity index (χ4v) is 5.23. The summed E-state index contributed by atoms with van der Waals surface area (Å²) in [6.45, 7) is 8.90. The second-order valence-corrected chi connectivity index (χ2v) is 9.86. The molecule has 3 aliphatic heterocycles. The highest BCUT2D eigenvalue weighted by atomic mass is 16.5. The Morgan fingerprint density at radius 2 is 1.89 bits per heavy atom. The quantitative estimate of drug-likeness (QED) is 0.671. The van der Waals surface area contributed by atoms with E-state index >= 15 is 0 Å². The smallest absolute Gasteiger partial charge is 0.140 e. The third kappa shape index (κ3) is 5.92. The van der Waals surface area contributed by atoms with Crippen LogP contribution in [0.2, 0.25) is 0 Å². The number of rotatable bonds is 6. The Labute approximate surface area is 208 Å². The van der Waals surface area contributed by atoms with E-state index in [0.29, 0.717) is 5.92 Å². The predicted octanol–water partition coefficient (Wildman–Crippen LogP) is 4.08. The molecule has 5 rings (SSSR count). The summed E-state index contributed by atoms with van der Waals surface area (Å²) in [5, 5.41) is 10.2. The molecule has 188 valence electrons. The minimum atomic E-state index is -0.514. The molecule has 35 heavy (non-hydrogen) atoms. The minimum Gasteiger partial charge on any atom is -0.389 e. The van der Waals surface area contributed by atoms with Gasteiger partial charge in [0.2, 0.25) is 0 Å². The van der Waals surface area contributed by atoms with Crippen LogP contribution in [-0.4, -0.2) is 72.6 Å². The number of allylic oxidation sites excluding steroid dienone is 1. The summed E-state index contributed by atoms with van der Waals surface area (Å²) in [5.74, 6) is 2.26. The molecule has 3 aliphatic rings. The first kappa shape index (κ1) is 24.4. The van der Waals surface area contributed by atoms with E-state index in [0.717, 1.165) is 113 Å². The number of nitrogens with zero attached hydrogens (tertiary/aromatic N) is 4. The fourth-order valence-electron chi connectivity index (χ4n) is 5.23. The molecule has 1 N–H and O–H groups in total. The molecular formula is C28H38N4O3. The van der Waals surface area contributed by atoms with E-state index < -0.39 is 6.10 Å². The Kier molecular flexibility index (Phi) is 8.09. The van der Waals surface area contributed by atoms with E-state index in [1.807, 2.05) is 19.1 Å². The highest BCUT2D eigenvalue weighted by molar-refractivity contribution is 5.72. The fraction of sp³-hybridized carbons (Fsp3) is 0.571. The first-order valence-corrected chi connectivity index (χ1v) is 13.2. The second-order valence-electron chi connectivity index (χ2n) is 9.86. The average Bonchev–Trinajstić information content (AvgIpc) is 2.87. The molecule has 0 radical (unpaired) electrons. The number of hydrogen-bond donors (Lipinski definition) is 1. The molecule has 0 aliphatic carbocycles. The third-order valence-electron chi connectivity index (χ3n) is 7.35. The van der Waals surface area contributed by atoms with Crippen LogP contribution >= 0.6 is 0 Å². The molecule has 7 nitrogen and oxygen atoms in total. The van der Waals surface area contributed by atoms with E-state index in [9.17, 15) is 5.11 Å². The van der Waals surface area contributed by atoms with Crippen molar-refractivity contribution in [3.05, 3.63) is 53.5 Å². The van der Waals surface area contributed by atoms with Gasteiger partial charge in [-0.25, -0.2) is 9.97 Å². The van der Waals surface area contributed by atoms with Gasteiger partial charge >= 0.3 is 0 Å². The molecule has 1 aromatic heterocycles. The van der Waals surface area contributed by atoms with Crippen molar-refractivity contribution >= 4 is 5.82 Å². The van der Waals surface area contributed by atoms with Gasteiger partial charge in [-0.05, 0) is 44.2 Å². The minimum absolute atomic E-state index is 0.297. The van der Waals surface area contributed by atoms with E-state index in [1.54, 1.807) is 0 Å². The van der Waals surface area contributed by atoms with Gasteiger partial charge in [-0.1, -0.05) is 30.7 Å². The van der Waals surface area contributed by atoms with Gasteiger partial charge in [0.15, 0.2) is 0 Å². The summed E-state index contributed by atoms with van der Waals surface area (Å²) in [5.41, 5.74) is 4.12. The Morgan fingerprint density at radius 1 is 1.03 bits per heavy atom. The Hall–Kier alpha value is -2.32. The van der Waals surface area contributed by atoms with E-state index in [1.165, 1.54) is 5.56 Å². The lowest BCUT2D eigenvalue weighted by molar-refractivity contribution is 0.0393. The van der Waals surface area contributed by atoms with Crippen molar-refractivity contribution in [3.8, 4) is 11.3 Å². The lowest BCUT2D eigenvalue weighted by Gasteiger charge is -2.32. The third-order valence-corrected chi connectivity index (χ3v) is 7.35. The molecular weight excluding hydrogens is 440 g/mol. The number of fused-ring (bicyclic) bond motifs is 1. The Balaban J connectivity index is 1.51. The van der Waals surface area contributed by atoms with Gasteiger partial charge < -0.3 is 19.5 Å². The molecule has 4 heterocycles. The van der Waals surface area contributed by atoms with Gasteiger partial charge in [0.05, 0.1) is 25.0 Å². The number of ether oxygens (including phenoxy) is 2. The highest BCUT2D eigenvalue weighted by Gasteiger charge is 2.26. The monoisotopic (exact) mass is 478 g/mol. The number of benzene rings is 1. The summed E-state index contributed by atoms with van der Waals surface area (Å²) < 4.78 is 11.3. The molecule has 2 unspecified atom stereocenters. The van der Waals surface area contributed by atoms with Crippen LogP contribution in [0.25, 0.3) is 11.3 Å². The largest absolute Gasteiger partial charge is 0.389 e. The normalized spacial score (nSPS) is 22.3. The van der Waals surface area contributed by atoms with Crippen molar-refractivity contribution in [1.82, 2.24) is 14.9 Å². The molecule has 7 heteroatoms. The molecule has 1 aromatic carbocycles. The molecule has 0 saturated carbocycles. The number of aliphatic hydroxyl groups is 1. The van der Waals surface area contributed by atoms with Crippen molar-refractivity contribution in [2.24, 2.45) is 0 Å². The standard InChI is InChI=1S/C28H38N4O3/c1-21(33)23-7-4-8-24(20-23)26-25-9-5-11-32(13-12-31-14-18-35-19-15-31)28(25)30-27(29-26)22-6-2-3-16-34-17-10-22/h4-5,7-8,11,20-22,33H,2-3,6,9-10,12-19H2,1H3. The maximum Gasteiger partial charge on any atom is 0.140 e. The molecule has 2 atom stereocenters. The molecule has 2 saturated heterocycles. The van der Waals surface area contributed by atoms with Gasteiger partial charge in [-0.15, -0.1) is 0 Å². The predicted molar refractivity (Wildman–Crippen MR) is 138 cm³/mol. The van der Waals surface area contributed by atoms with Crippen LogP contribution in [-0.2, 0) is 15.9 Å². The number of aromatic nitrogens is 2. The maximum atomic E-state index is 10.2. The highest BCUT2D eigenvalue weighted by Crippen LogP contribution is 2.36. The van der Waals surface area contributed by atoms with E-state index in [2.05, 4.69) is 34.2 Å². The summed E-state index contributed by atoms with van der Waals surface area (Å²) in [6.07, 6.45) is 8.99. The van der Waals surface area contributed by atoms with Gasteiger partial charge in [-0.2, -0.15) is 0 Å². The molecule has 0 bridgehead atoms. The van der Waals surface area contributed by atoms with E-state index in [4.69, 9.17) is 19.4 Å². The zero-order chi connectivity index (χ0) is 24.0. The summed E-state index contributed by atoms with van der Waals surface area (Å²) in [4.78, 5) is 15.2. The topological polar surface area (TPSA) is 71.0 Å². The van der Waals surface area contributed by atoms with Crippen LogP contribution in [0.4, 0.5) is 5.82 Å². The lowest BCUT2D eigenvalue weighted by Crippen LogP contribution is -2.41. The molecule has 2 fully saturated rings. The summed E-state index contributed by atoms with van der Waals surface area (Å²) in [6, 6.07) is 8.18. The number of morpholine rings is 1. The Bertz CT molecular complexity index is 1010. The summed E-state index contributed by atoms with van der Waals surface area (Å²) >= 11 is 0. The van der Waals surface area contributed by atoms with E-state index in [-0.39, 0.29) is 0 Å². The van der Waals surface area contributed by atoms with Crippen molar-refractivity contribution in [2.45, 2.75) is 51.0 Å². The summed E-state index contributed by atoms with van der Waals surface area (Å²) in [7, 11) is 0. The van der Waals surface area contributed by atoms with Crippen LogP contribution < -0.4 is 4.90 Å². The van der Waals surface area contributed by atoms with Gasteiger partial charge in [0.1, 0.15) is 11.6 Å². The van der Waals surface area contributed by atoms with Crippen molar-refractivity contribution in [3.63, 3.8) is 0 Å². The van der Waals surface area contributed by atoms with Crippen LogP contribution in [0.3, 0.4) is 0 Å². The maximum absolute atomic E-state index is 10.2. The SMILES string of the molecule is CC(O)c1cccc(-c2nc(C3CCCCOCC3)nc3c2CC=CN3CCN2CCOCC2)c1.